The summed E-state index contributed by atoms with van der Waals surface area (Å²) < 4.78 is 10.4. The normalized spacial score (nSPS) is 13.0. The van der Waals surface area contributed by atoms with Gasteiger partial charge in [0.1, 0.15) is 16.5 Å². The molecule has 0 fully saturated rings. The van der Waals surface area contributed by atoms with Gasteiger partial charge in [-0.2, -0.15) is 0 Å². The monoisotopic (exact) mass is 533 g/mol. The number of para-hydroxylation sites is 2. The standard InChI is InChI=1S/C28H24ClN3O6/c1-3-15-38-28(36)17-11-13-19(14-12-17)31-25(33)18-7-6-8-20(16-18)30-24-23(29)26(34)32(27(24)35)21-9-4-5-10-22(21)37-2/h4-14,16,30H,3,15H2,1-2H3,(H,31,33). The Balaban J connectivity index is 1.47. The third kappa shape index (κ3) is 5.52. The van der Waals surface area contributed by atoms with E-state index >= 15 is 0 Å². The van der Waals surface area contributed by atoms with E-state index in [4.69, 9.17) is 21.1 Å². The highest BCUT2D eigenvalue weighted by Gasteiger charge is 2.40. The molecular weight excluding hydrogens is 510 g/mol. The summed E-state index contributed by atoms with van der Waals surface area (Å²) in [6.45, 7) is 2.24. The number of esters is 1. The zero-order valence-corrected chi connectivity index (χ0v) is 21.4. The van der Waals surface area contributed by atoms with Crippen LogP contribution >= 0.6 is 11.6 Å². The van der Waals surface area contributed by atoms with E-state index in [-0.39, 0.29) is 22.0 Å². The molecule has 0 bridgehead atoms. The molecule has 0 aromatic heterocycles. The van der Waals surface area contributed by atoms with Crippen molar-refractivity contribution in [3.8, 4) is 5.75 Å². The van der Waals surface area contributed by atoms with Crippen molar-refractivity contribution in [3.63, 3.8) is 0 Å². The van der Waals surface area contributed by atoms with Crippen LogP contribution in [0.4, 0.5) is 17.1 Å². The average molecular weight is 534 g/mol. The third-order valence-electron chi connectivity index (χ3n) is 5.56. The van der Waals surface area contributed by atoms with Crippen LogP contribution in [0.5, 0.6) is 5.75 Å². The van der Waals surface area contributed by atoms with Crippen LogP contribution in [-0.2, 0) is 14.3 Å². The van der Waals surface area contributed by atoms with Crippen molar-refractivity contribution in [1.82, 2.24) is 0 Å². The highest BCUT2D eigenvalue weighted by atomic mass is 35.5. The molecule has 0 atom stereocenters. The van der Waals surface area contributed by atoms with E-state index in [2.05, 4.69) is 10.6 Å². The molecule has 1 heterocycles. The van der Waals surface area contributed by atoms with Crippen molar-refractivity contribution in [2.45, 2.75) is 13.3 Å². The van der Waals surface area contributed by atoms with Gasteiger partial charge in [-0.3, -0.25) is 14.4 Å². The molecule has 3 aromatic rings. The predicted octanol–water partition coefficient (Wildman–Crippen LogP) is 4.95. The minimum atomic E-state index is -0.695. The summed E-state index contributed by atoms with van der Waals surface area (Å²) in [5.41, 5.74) is 1.67. The van der Waals surface area contributed by atoms with Crippen LogP contribution < -0.4 is 20.3 Å². The first kappa shape index (κ1) is 26.4. The fourth-order valence-electron chi connectivity index (χ4n) is 3.70. The molecule has 2 N–H and O–H groups in total. The van der Waals surface area contributed by atoms with E-state index < -0.39 is 23.7 Å². The molecule has 4 rings (SSSR count). The zero-order chi connectivity index (χ0) is 27.2. The molecule has 1 aliphatic rings. The van der Waals surface area contributed by atoms with Crippen molar-refractivity contribution in [2.24, 2.45) is 0 Å². The number of carbonyl (C=O) groups is 4. The second-order valence-corrected chi connectivity index (χ2v) is 8.56. The fraction of sp³-hybridized carbons (Fsp3) is 0.143. The number of anilines is 3. The van der Waals surface area contributed by atoms with Crippen LogP contribution in [0.15, 0.2) is 83.5 Å². The Hall–Kier alpha value is -4.63. The summed E-state index contributed by atoms with van der Waals surface area (Å²) in [4.78, 5) is 51.7. The highest BCUT2D eigenvalue weighted by Crippen LogP contribution is 2.35. The third-order valence-corrected chi connectivity index (χ3v) is 5.91. The summed E-state index contributed by atoms with van der Waals surface area (Å²) in [5, 5.41) is 5.34. The number of ether oxygens (including phenoxy) is 2. The maximum Gasteiger partial charge on any atom is 0.338 e. The van der Waals surface area contributed by atoms with E-state index in [1.165, 1.54) is 13.2 Å². The number of carbonyl (C=O) groups excluding carboxylic acids is 4. The number of hydrogen-bond donors (Lipinski definition) is 2. The molecule has 194 valence electrons. The van der Waals surface area contributed by atoms with Gasteiger partial charge in [0, 0.05) is 16.9 Å². The quantitative estimate of drug-likeness (QED) is 0.295. The van der Waals surface area contributed by atoms with Gasteiger partial charge in [-0.1, -0.05) is 36.7 Å². The van der Waals surface area contributed by atoms with E-state index in [0.717, 1.165) is 11.3 Å². The predicted molar refractivity (Wildman–Crippen MR) is 143 cm³/mol. The summed E-state index contributed by atoms with van der Waals surface area (Å²) in [7, 11) is 1.44. The van der Waals surface area contributed by atoms with Crippen LogP contribution in [0.2, 0.25) is 0 Å². The number of methoxy groups -OCH3 is 1. The highest BCUT2D eigenvalue weighted by molar-refractivity contribution is 6.53. The second-order valence-electron chi connectivity index (χ2n) is 8.18. The van der Waals surface area contributed by atoms with Gasteiger partial charge < -0.3 is 20.1 Å². The Kier molecular flexibility index (Phi) is 8.08. The number of rotatable bonds is 9. The second kappa shape index (κ2) is 11.6. The number of hydrogen-bond acceptors (Lipinski definition) is 7. The molecule has 3 aromatic carbocycles. The molecule has 38 heavy (non-hydrogen) atoms. The van der Waals surface area contributed by atoms with Crippen molar-refractivity contribution >= 4 is 52.4 Å². The Bertz CT molecular complexity index is 1430. The molecule has 0 spiro atoms. The van der Waals surface area contributed by atoms with Crippen LogP contribution in [0.3, 0.4) is 0 Å². The average Bonchev–Trinajstić information content (AvgIpc) is 3.14. The molecule has 0 unspecified atom stereocenters. The van der Waals surface area contributed by atoms with Crippen LogP contribution in [0.25, 0.3) is 0 Å². The fourth-order valence-corrected chi connectivity index (χ4v) is 3.91. The van der Waals surface area contributed by atoms with E-state index in [9.17, 15) is 19.2 Å². The number of nitrogens with one attached hydrogen (secondary N) is 2. The molecule has 0 radical (unpaired) electrons. The van der Waals surface area contributed by atoms with Crippen LogP contribution in [0, 0.1) is 0 Å². The number of amides is 3. The zero-order valence-electron chi connectivity index (χ0n) is 20.6. The lowest BCUT2D eigenvalue weighted by molar-refractivity contribution is -0.120. The van der Waals surface area contributed by atoms with Gasteiger partial charge in [0.25, 0.3) is 17.7 Å². The minimum Gasteiger partial charge on any atom is -0.495 e. The summed E-state index contributed by atoms with van der Waals surface area (Å²) in [6.07, 6.45) is 0.724. The molecule has 10 heteroatoms. The molecule has 9 nitrogen and oxygen atoms in total. The topological polar surface area (TPSA) is 114 Å². The maximum atomic E-state index is 13.1. The molecule has 3 amide bonds. The van der Waals surface area contributed by atoms with E-state index in [1.807, 2.05) is 6.92 Å². The first-order valence-corrected chi connectivity index (χ1v) is 12.1. The molecular formula is C28H24ClN3O6. The Morgan fingerprint density at radius 2 is 1.63 bits per heavy atom. The van der Waals surface area contributed by atoms with Crippen molar-refractivity contribution in [2.75, 3.05) is 29.3 Å². The summed E-state index contributed by atoms with van der Waals surface area (Å²) in [6, 6.07) is 19.3. The largest absolute Gasteiger partial charge is 0.495 e. The molecule has 0 saturated carbocycles. The number of nitrogens with zero attached hydrogens (tertiary/aromatic N) is 1. The van der Waals surface area contributed by atoms with Gasteiger partial charge in [0.15, 0.2) is 0 Å². The van der Waals surface area contributed by atoms with Gasteiger partial charge in [-0.05, 0) is 61.0 Å². The van der Waals surface area contributed by atoms with Crippen molar-refractivity contribution < 1.29 is 28.7 Å². The molecule has 1 aliphatic heterocycles. The van der Waals surface area contributed by atoms with Crippen LogP contribution in [0.1, 0.15) is 34.1 Å². The Labute approximate surface area is 224 Å². The number of imide groups is 1. The summed E-state index contributed by atoms with van der Waals surface area (Å²) in [5.74, 6) is -1.86. The first-order chi connectivity index (χ1) is 18.3. The van der Waals surface area contributed by atoms with Gasteiger partial charge in [-0.15, -0.1) is 0 Å². The lowest BCUT2D eigenvalue weighted by Gasteiger charge is -2.18. The van der Waals surface area contributed by atoms with Gasteiger partial charge in [-0.25, -0.2) is 9.69 Å². The van der Waals surface area contributed by atoms with Crippen molar-refractivity contribution in [1.29, 1.82) is 0 Å². The smallest absolute Gasteiger partial charge is 0.338 e. The molecule has 0 aliphatic carbocycles. The SMILES string of the molecule is CCCOC(=O)c1ccc(NC(=O)c2cccc(NC3=C(Cl)C(=O)N(c4ccccc4OC)C3=O)c2)cc1. The van der Waals surface area contributed by atoms with Gasteiger partial charge in [0.05, 0.1) is 25.0 Å². The van der Waals surface area contributed by atoms with Gasteiger partial charge in [0.2, 0.25) is 0 Å². The van der Waals surface area contributed by atoms with E-state index in [1.54, 1.807) is 66.7 Å². The number of benzene rings is 3. The van der Waals surface area contributed by atoms with Crippen molar-refractivity contribution in [3.05, 3.63) is 94.7 Å². The summed E-state index contributed by atoms with van der Waals surface area (Å²) >= 11 is 6.24. The number of halogens is 1. The van der Waals surface area contributed by atoms with Crippen LogP contribution in [-0.4, -0.2) is 37.4 Å². The maximum absolute atomic E-state index is 13.1. The van der Waals surface area contributed by atoms with Gasteiger partial charge >= 0.3 is 5.97 Å². The Morgan fingerprint density at radius 1 is 0.895 bits per heavy atom. The first-order valence-electron chi connectivity index (χ1n) is 11.7. The van der Waals surface area contributed by atoms with E-state index in [0.29, 0.717) is 29.3 Å². The minimum absolute atomic E-state index is 0.120. The lowest BCUT2D eigenvalue weighted by atomic mass is 10.1. The lowest BCUT2D eigenvalue weighted by Crippen LogP contribution is -2.32. The molecule has 0 saturated heterocycles. The Morgan fingerprint density at radius 3 is 2.34 bits per heavy atom.